The fourth-order valence-electron chi connectivity index (χ4n) is 2.68. The van der Waals surface area contributed by atoms with Crippen molar-refractivity contribution in [3.8, 4) is 0 Å². The second kappa shape index (κ2) is 13.1. The molecule has 2 aromatic rings. The molecular formula is C19H33IN6S. The summed E-state index contributed by atoms with van der Waals surface area (Å²) >= 11 is 1.75. The van der Waals surface area contributed by atoms with E-state index in [-0.39, 0.29) is 24.0 Å². The fourth-order valence-corrected chi connectivity index (χ4v) is 3.33. The number of thiophene rings is 1. The Kier molecular flexibility index (Phi) is 11.6. The third kappa shape index (κ3) is 8.16. The van der Waals surface area contributed by atoms with E-state index >= 15 is 0 Å². The van der Waals surface area contributed by atoms with Crippen molar-refractivity contribution in [1.29, 1.82) is 0 Å². The van der Waals surface area contributed by atoms with Crippen LogP contribution in [0.3, 0.4) is 0 Å². The number of aromatic nitrogens is 3. The van der Waals surface area contributed by atoms with E-state index in [0.717, 1.165) is 30.7 Å². The summed E-state index contributed by atoms with van der Waals surface area (Å²) in [6.07, 6.45) is 4.99. The summed E-state index contributed by atoms with van der Waals surface area (Å²) in [4.78, 5) is 6.03. The maximum Gasteiger partial charge on any atom is 0.192 e. The Morgan fingerprint density at radius 2 is 2.11 bits per heavy atom. The molecule has 2 heterocycles. The maximum atomic E-state index is 4.73. The number of hydrogen-bond acceptors (Lipinski definition) is 4. The number of aliphatic imine (C=N–C) groups is 1. The third-order valence-corrected chi connectivity index (χ3v) is 5.55. The second-order valence-electron chi connectivity index (χ2n) is 6.62. The zero-order valence-electron chi connectivity index (χ0n) is 16.9. The van der Waals surface area contributed by atoms with Crippen molar-refractivity contribution in [1.82, 2.24) is 25.4 Å². The Hall–Kier alpha value is -1.16. The van der Waals surface area contributed by atoms with Gasteiger partial charge in [-0.1, -0.05) is 39.2 Å². The molecule has 1 unspecified atom stereocenters. The van der Waals surface area contributed by atoms with Gasteiger partial charge in [-0.25, -0.2) is 4.99 Å². The molecule has 0 amide bonds. The molecule has 8 heteroatoms. The van der Waals surface area contributed by atoms with Crippen LogP contribution in [0.25, 0.3) is 0 Å². The zero-order valence-corrected chi connectivity index (χ0v) is 20.0. The molecule has 152 valence electrons. The number of nitrogens with one attached hydrogen (secondary N) is 2. The minimum absolute atomic E-state index is 0. The molecule has 0 bridgehead atoms. The number of aryl methyl sites for hydroxylation is 1. The molecule has 0 aliphatic heterocycles. The molecule has 0 aliphatic rings. The quantitative estimate of drug-likeness (QED) is 0.289. The summed E-state index contributed by atoms with van der Waals surface area (Å²) in [6.45, 7) is 8.72. The Labute approximate surface area is 184 Å². The van der Waals surface area contributed by atoms with Crippen molar-refractivity contribution < 1.29 is 0 Å². The largest absolute Gasteiger partial charge is 0.356 e. The summed E-state index contributed by atoms with van der Waals surface area (Å²) in [5, 5.41) is 17.4. The first-order valence-electron chi connectivity index (χ1n) is 9.53. The van der Waals surface area contributed by atoms with Gasteiger partial charge in [-0.15, -0.1) is 45.5 Å². The summed E-state index contributed by atoms with van der Waals surface area (Å²) in [5.74, 6) is 3.30. The molecule has 27 heavy (non-hydrogen) atoms. The smallest absolute Gasteiger partial charge is 0.192 e. The number of rotatable bonds is 10. The van der Waals surface area contributed by atoms with Gasteiger partial charge in [0.05, 0.1) is 6.54 Å². The van der Waals surface area contributed by atoms with Crippen LogP contribution in [-0.2, 0) is 20.1 Å². The minimum atomic E-state index is 0. The molecule has 2 rings (SSSR count). The summed E-state index contributed by atoms with van der Waals surface area (Å²) in [6, 6.07) is 4.21. The standard InChI is InChI=1S/C19H32N6S.HI/c1-5-7-9-16(6-2)12-20-19(21-13-17-10-8-11-26-17)22-14-18-24-23-15(3)25(18)4;/h8,10-11,16H,5-7,9,12-14H2,1-4H3,(H2,20,21,22);1H. The highest BCUT2D eigenvalue weighted by molar-refractivity contribution is 14.0. The fraction of sp³-hybridized carbons (Fsp3) is 0.632. The van der Waals surface area contributed by atoms with E-state index < -0.39 is 0 Å². The first-order valence-corrected chi connectivity index (χ1v) is 10.4. The summed E-state index contributed by atoms with van der Waals surface area (Å²) in [5.41, 5.74) is 0. The molecule has 0 aliphatic carbocycles. The van der Waals surface area contributed by atoms with Crippen LogP contribution in [0.2, 0.25) is 0 Å². The molecule has 0 saturated heterocycles. The lowest BCUT2D eigenvalue weighted by atomic mass is 9.99. The van der Waals surface area contributed by atoms with Gasteiger partial charge < -0.3 is 15.2 Å². The van der Waals surface area contributed by atoms with Crippen molar-refractivity contribution in [3.63, 3.8) is 0 Å². The molecule has 0 radical (unpaired) electrons. The van der Waals surface area contributed by atoms with Gasteiger partial charge in [-0.2, -0.15) is 0 Å². The Morgan fingerprint density at radius 1 is 1.30 bits per heavy atom. The molecule has 2 aromatic heterocycles. The molecule has 0 aromatic carbocycles. The number of hydrogen-bond donors (Lipinski definition) is 2. The minimum Gasteiger partial charge on any atom is -0.356 e. The molecular weight excluding hydrogens is 471 g/mol. The van der Waals surface area contributed by atoms with Gasteiger partial charge in [0.1, 0.15) is 12.4 Å². The highest BCUT2D eigenvalue weighted by Crippen LogP contribution is 2.11. The Bertz CT molecular complexity index is 668. The van der Waals surface area contributed by atoms with Crippen LogP contribution in [0.4, 0.5) is 0 Å². The van der Waals surface area contributed by atoms with Crippen LogP contribution < -0.4 is 10.6 Å². The van der Waals surface area contributed by atoms with Gasteiger partial charge in [0, 0.05) is 18.5 Å². The molecule has 1 atom stereocenters. The normalized spacial score (nSPS) is 12.5. The van der Waals surface area contributed by atoms with Gasteiger partial charge in [0.15, 0.2) is 11.8 Å². The van der Waals surface area contributed by atoms with Crippen molar-refractivity contribution in [2.75, 3.05) is 6.54 Å². The van der Waals surface area contributed by atoms with Crippen molar-refractivity contribution in [2.24, 2.45) is 18.0 Å². The highest BCUT2D eigenvalue weighted by Gasteiger charge is 2.09. The van der Waals surface area contributed by atoms with Crippen LogP contribution in [0, 0.1) is 12.8 Å². The van der Waals surface area contributed by atoms with Gasteiger partial charge in [0.25, 0.3) is 0 Å². The number of guanidine groups is 1. The van der Waals surface area contributed by atoms with E-state index in [1.54, 1.807) is 11.3 Å². The number of unbranched alkanes of at least 4 members (excludes halogenated alkanes) is 1. The van der Waals surface area contributed by atoms with E-state index in [1.807, 2.05) is 18.5 Å². The second-order valence-corrected chi connectivity index (χ2v) is 7.65. The lowest BCUT2D eigenvalue weighted by Gasteiger charge is -2.18. The molecule has 0 saturated carbocycles. The molecule has 0 fully saturated rings. The van der Waals surface area contributed by atoms with E-state index in [4.69, 9.17) is 4.99 Å². The van der Waals surface area contributed by atoms with Crippen LogP contribution in [0.15, 0.2) is 22.5 Å². The van der Waals surface area contributed by atoms with Gasteiger partial charge >= 0.3 is 0 Å². The van der Waals surface area contributed by atoms with Gasteiger partial charge in [-0.3, -0.25) is 0 Å². The maximum absolute atomic E-state index is 4.73. The number of nitrogens with zero attached hydrogens (tertiary/aromatic N) is 4. The molecule has 0 spiro atoms. The average molecular weight is 504 g/mol. The van der Waals surface area contributed by atoms with Crippen LogP contribution in [0.1, 0.15) is 56.1 Å². The lowest BCUT2D eigenvalue weighted by molar-refractivity contribution is 0.443. The van der Waals surface area contributed by atoms with Crippen LogP contribution in [-0.4, -0.2) is 27.3 Å². The van der Waals surface area contributed by atoms with E-state index in [0.29, 0.717) is 12.5 Å². The molecule has 2 N–H and O–H groups in total. The topological polar surface area (TPSA) is 67.1 Å². The van der Waals surface area contributed by atoms with Crippen molar-refractivity contribution in [2.45, 2.75) is 59.5 Å². The highest BCUT2D eigenvalue weighted by atomic mass is 127. The predicted molar refractivity (Wildman–Crippen MR) is 125 cm³/mol. The van der Waals surface area contributed by atoms with E-state index in [9.17, 15) is 0 Å². The molecule has 6 nitrogen and oxygen atoms in total. The lowest BCUT2D eigenvalue weighted by Crippen LogP contribution is -2.39. The van der Waals surface area contributed by atoms with E-state index in [2.05, 4.69) is 52.2 Å². The first kappa shape index (κ1) is 23.9. The Morgan fingerprint density at radius 3 is 2.70 bits per heavy atom. The van der Waals surface area contributed by atoms with Crippen molar-refractivity contribution in [3.05, 3.63) is 34.0 Å². The monoisotopic (exact) mass is 504 g/mol. The van der Waals surface area contributed by atoms with Gasteiger partial charge in [0.2, 0.25) is 0 Å². The summed E-state index contributed by atoms with van der Waals surface area (Å²) in [7, 11) is 1.98. The zero-order chi connectivity index (χ0) is 18.8. The van der Waals surface area contributed by atoms with Crippen molar-refractivity contribution >= 4 is 41.3 Å². The van der Waals surface area contributed by atoms with Gasteiger partial charge in [-0.05, 0) is 30.7 Å². The number of halogens is 1. The summed E-state index contributed by atoms with van der Waals surface area (Å²) < 4.78 is 1.98. The predicted octanol–water partition coefficient (Wildman–Crippen LogP) is 4.25. The van der Waals surface area contributed by atoms with E-state index in [1.165, 1.54) is 30.6 Å². The first-order chi connectivity index (χ1) is 12.6. The SMILES string of the molecule is CCCCC(CC)CNC(=NCc1nnc(C)n1C)NCc1cccs1.I. The third-order valence-electron chi connectivity index (χ3n) is 4.67. The average Bonchev–Trinajstić information content (AvgIpc) is 3.28. The Balaban J connectivity index is 0.00000364. The van der Waals surface area contributed by atoms with Crippen LogP contribution >= 0.6 is 35.3 Å². The van der Waals surface area contributed by atoms with Crippen LogP contribution in [0.5, 0.6) is 0 Å².